The number of ether oxygens (including phenoxy) is 3. The van der Waals surface area contributed by atoms with E-state index in [1.54, 1.807) is 0 Å². The first-order valence-electron chi connectivity index (χ1n) is 19.9. The molecule has 1 N–H and O–H groups in total. The zero-order valence-corrected chi connectivity index (χ0v) is 33.0. The molecule has 0 aromatic heterocycles. The fourth-order valence-corrected chi connectivity index (χ4v) is 5.39. The Labute approximate surface area is 311 Å². The quantitative estimate of drug-likeness (QED) is 0.0233. The standard InChI is InChI=1S/C43H73NO7/c1-6-8-10-12-14-16-18-20-21-22-24-25-27-29-31-33-41(45)50-38-39(37-49-36-35-40(43(47)48)44(3,4)5)51-42(46)34-32-30-28-26-23-19-17-15-13-11-9-7-2/h8,10,12,14-18,20-21,39-40H,6-7,9,11,13,19,22-38H2,1-5H3/p+1/b10-8+,14-12+,17-15+,18-16+,21-20+. The number of esters is 2. The molecule has 0 bridgehead atoms. The number of carboxylic acids is 1. The molecule has 0 rings (SSSR count). The Balaban J connectivity index is 4.47. The number of unbranched alkanes of at least 4 members (excludes halogenated alkanes) is 13. The monoisotopic (exact) mass is 717 g/mol. The van der Waals surface area contributed by atoms with E-state index < -0.39 is 18.1 Å². The smallest absolute Gasteiger partial charge is 0.362 e. The minimum absolute atomic E-state index is 0.0473. The van der Waals surface area contributed by atoms with Gasteiger partial charge >= 0.3 is 17.9 Å². The van der Waals surface area contributed by atoms with Gasteiger partial charge < -0.3 is 23.8 Å². The fraction of sp³-hybridized carbons (Fsp3) is 0.698. The molecule has 0 aromatic carbocycles. The highest BCUT2D eigenvalue weighted by Crippen LogP contribution is 2.13. The van der Waals surface area contributed by atoms with Crippen LogP contribution in [-0.4, -0.2) is 80.6 Å². The molecule has 0 aliphatic carbocycles. The van der Waals surface area contributed by atoms with Crippen molar-refractivity contribution in [2.45, 2.75) is 154 Å². The number of hydrogen-bond donors (Lipinski definition) is 1. The molecule has 0 saturated carbocycles. The average Bonchev–Trinajstić information content (AvgIpc) is 3.08. The minimum Gasteiger partial charge on any atom is -0.477 e. The molecule has 0 heterocycles. The Bertz CT molecular complexity index is 1020. The van der Waals surface area contributed by atoms with Crippen molar-refractivity contribution in [3.63, 3.8) is 0 Å². The lowest BCUT2D eigenvalue weighted by atomic mass is 10.1. The summed E-state index contributed by atoms with van der Waals surface area (Å²) < 4.78 is 17.2. The molecule has 0 aliphatic rings. The van der Waals surface area contributed by atoms with Crippen LogP contribution in [0.3, 0.4) is 0 Å². The second-order valence-corrected chi connectivity index (χ2v) is 14.2. The number of allylic oxidation sites excluding steroid dienone is 10. The molecule has 51 heavy (non-hydrogen) atoms. The Morgan fingerprint density at radius 2 is 1.12 bits per heavy atom. The first-order valence-corrected chi connectivity index (χ1v) is 19.9. The van der Waals surface area contributed by atoms with Crippen LogP contribution in [0.15, 0.2) is 60.8 Å². The molecule has 292 valence electrons. The molecule has 8 heteroatoms. The molecule has 8 nitrogen and oxygen atoms in total. The van der Waals surface area contributed by atoms with E-state index in [1.807, 2.05) is 51.5 Å². The van der Waals surface area contributed by atoms with E-state index in [0.717, 1.165) is 77.0 Å². The predicted octanol–water partition coefficient (Wildman–Crippen LogP) is 10.2. The lowest BCUT2D eigenvalue weighted by Gasteiger charge is -2.31. The summed E-state index contributed by atoms with van der Waals surface area (Å²) in [7, 11) is 5.50. The van der Waals surface area contributed by atoms with E-state index in [9.17, 15) is 19.5 Å². The third kappa shape index (κ3) is 32.7. The summed E-state index contributed by atoms with van der Waals surface area (Å²) >= 11 is 0. The van der Waals surface area contributed by atoms with Crippen LogP contribution in [0.2, 0.25) is 0 Å². The van der Waals surface area contributed by atoms with Gasteiger partial charge in [-0.05, 0) is 57.8 Å². The molecule has 2 atom stereocenters. The predicted molar refractivity (Wildman–Crippen MR) is 211 cm³/mol. The SMILES string of the molecule is CC/C=C/C=C/C=C/C=C/CCCCCCCC(=O)OCC(COCCC(C(=O)O)[N+](C)(C)C)OC(=O)CCCCCCC/C=C/CCCCC. The zero-order chi connectivity index (χ0) is 37.8. The number of nitrogens with zero attached hydrogens (tertiary/aromatic N) is 1. The van der Waals surface area contributed by atoms with Crippen molar-refractivity contribution >= 4 is 17.9 Å². The van der Waals surface area contributed by atoms with Crippen LogP contribution in [0.5, 0.6) is 0 Å². The fourth-order valence-electron chi connectivity index (χ4n) is 5.39. The molecule has 2 unspecified atom stereocenters. The van der Waals surface area contributed by atoms with Crippen molar-refractivity contribution in [3.8, 4) is 0 Å². The third-order valence-electron chi connectivity index (χ3n) is 8.50. The first kappa shape index (κ1) is 48.0. The Hall–Kier alpha value is -2.97. The maximum atomic E-state index is 12.7. The number of carbonyl (C=O) groups is 3. The average molecular weight is 717 g/mol. The van der Waals surface area contributed by atoms with Gasteiger partial charge in [-0.15, -0.1) is 0 Å². The molecular weight excluding hydrogens is 642 g/mol. The van der Waals surface area contributed by atoms with Gasteiger partial charge in [0, 0.05) is 19.3 Å². The van der Waals surface area contributed by atoms with Gasteiger partial charge in [-0.1, -0.05) is 126 Å². The van der Waals surface area contributed by atoms with Gasteiger partial charge in [0.05, 0.1) is 34.4 Å². The molecule has 0 saturated heterocycles. The molecule has 0 spiro atoms. The summed E-state index contributed by atoms with van der Waals surface area (Å²) in [6, 6.07) is -0.620. The maximum absolute atomic E-state index is 12.7. The first-order chi connectivity index (χ1) is 24.6. The topological polar surface area (TPSA) is 99.1 Å². The van der Waals surface area contributed by atoms with Crippen molar-refractivity contribution in [2.24, 2.45) is 0 Å². The largest absolute Gasteiger partial charge is 0.477 e. The number of likely N-dealkylation sites (N-methyl/N-ethyl adjacent to an activating group) is 1. The summed E-state index contributed by atoms with van der Waals surface area (Å²) in [5.41, 5.74) is 0. The summed E-state index contributed by atoms with van der Waals surface area (Å²) in [5.74, 6) is -1.52. The van der Waals surface area contributed by atoms with Crippen LogP contribution in [0, 0.1) is 0 Å². The van der Waals surface area contributed by atoms with Gasteiger partial charge in [0.1, 0.15) is 6.61 Å². The number of rotatable bonds is 34. The Morgan fingerprint density at radius 3 is 1.69 bits per heavy atom. The van der Waals surface area contributed by atoms with Crippen LogP contribution in [0.4, 0.5) is 0 Å². The Morgan fingerprint density at radius 1 is 0.608 bits per heavy atom. The Kier molecular flexibility index (Phi) is 32.1. The van der Waals surface area contributed by atoms with Crippen molar-refractivity contribution < 1.29 is 38.2 Å². The van der Waals surface area contributed by atoms with Gasteiger partial charge in [0.2, 0.25) is 0 Å². The number of aliphatic carboxylic acids is 1. The molecular formula is C43H74NO7+. The minimum atomic E-state index is -0.883. The second-order valence-electron chi connectivity index (χ2n) is 14.2. The highest BCUT2D eigenvalue weighted by Gasteiger charge is 2.31. The van der Waals surface area contributed by atoms with Crippen LogP contribution < -0.4 is 0 Å². The highest BCUT2D eigenvalue weighted by atomic mass is 16.6. The second kappa shape index (κ2) is 34.1. The normalized spacial score (nSPS) is 13.7. The third-order valence-corrected chi connectivity index (χ3v) is 8.50. The summed E-state index contributed by atoms with van der Waals surface area (Å²) in [6.45, 7) is 4.51. The van der Waals surface area contributed by atoms with Crippen molar-refractivity contribution in [1.29, 1.82) is 0 Å². The van der Waals surface area contributed by atoms with Gasteiger partial charge in [0.15, 0.2) is 12.1 Å². The molecule has 0 aliphatic heterocycles. The van der Waals surface area contributed by atoms with Crippen LogP contribution in [-0.2, 0) is 28.6 Å². The van der Waals surface area contributed by atoms with Gasteiger partial charge in [-0.2, -0.15) is 0 Å². The lowest BCUT2D eigenvalue weighted by Crippen LogP contribution is -2.50. The van der Waals surface area contributed by atoms with Crippen LogP contribution >= 0.6 is 0 Å². The number of quaternary nitrogens is 1. The van der Waals surface area contributed by atoms with Crippen molar-refractivity contribution in [3.05, 3.63) is 60.8 Å². The van der Waals surface area contributed by atoms with E-state index in [1.165, 1.54) is 32.1 Å². The van der Waals surface area contributed by atoms with E-state index in [4.69, 9.17) is 14.2 Å². The van der Waals surface area contributed by atoms with E-state index >= 15 is 0 Å². The molecule has 0 aromatic rings. The van der Waals surface area contributed by atoms with Gasteiger partial charge in [-0.25, -0.2) is 4.79 Å². The summed E-state index contributed by atoms with van der Waals surface area (Å²) in [4.78, 5) is 36.8. The van der Waals surface area contributed by atoms with Gasteiger partial charge in [-0.3, -0.25) is 9.59 Å². The van der Waals surface area contributed by atoms with Crippen molar-refractivity contribution in [1.82, 2.24) is 0 Å². The number of hydrogen-bond acceptors (Lipinski definition) is 6. The summed E-state index contributed by atoms with van der Waals surface area (Å²) in [6.07, 6.45) is 39.7. The maximum Gasteiger partial charge on any atom is 0.362 e. The van der Waals surface area contributed by atoms with Crippen LogP contribution in [0.1, 0.15) is 142 Å². The van der Waals surface area contributed by atoms with E-state index in [-0.39, 0.29) is 36.2 Å². The number of carboxylic acid groups (broad SMARTS) is 1. The molecule has 0 fully saturated rings. The van der Waals surface area contributed by atoms with E-state index in [0.29, 0.717) is 19.3 Å². The number of carbonyl (C=O) groups excluding carboxylic acids is 2. The van der Waals surface area contributed by atoms with Crippen molar-refractivity contribution in [2.75, 3.05) is 41.0 Å². The summed E-state index contributed by atoms with van der Waals surface area (Å²) in [5, 5.41) is 9.59. The van der Waals surface area contributed by atoms with Crippen LogP contribution in [0.25, 0.3) is 0 Å². The highest BCUT2D eigenvalue weighted by molar-refractivity contribution is 5.72. The zero-order valence-electron chi connectivity index (χ0n) is 33.0. The van der Waals surface area contributed by atoms with Gasteiger partial charge in [0.25, 0.3) is 0 Å². The molecule has 0 amide bonds. The lowest BCUT2D eigenvalue weighted by molar-refractivity contribution is -0.887. The molecule has 0 radical (unpaired) electrons. The van der Waals surface area contributed by atoms with E-state index in [2.05, 4.69) is 44.2 Å².